The molecule has 150 valence electrons. The van der Waals surface area contributed by atoms with Crippen LogP contribution in [0.25, 0.3) is 0 Å². The van der Waals surface area contributed by atoms with Crippen LogP contribution in [0.3, 0.4) is 0 Å². The Balaban J connectivity index is 1.55. The third-order valence-corrected chi connectivity index (χ3v) is 6.06. The van der Waals surface area contributed by atoms with E-state index in [4.69, 9.17) is 5.26 Å². The number of amides is 1. The van der Waals surface area contributed by atoms with E-state index in [2.05, 4.69) is 6.07 Å². The number of hydrogen-bond acceptors (Lipinski definition) is 3. The molecule has 3 aromatic carbocycles. The Bertz CT molecular complexity index is 992. The van der Waals surface area contributed by atoms with E-state index in [0.717, 1.165) is 11.1 Å². The number of piperidine rings is 1. The van der Waals surface area contributed by atoms with Gasteiger partial charge in [0.2, 0.25) is 0 Å². The second kappa shape index (κ2) is 8.52. The highest BCUT2D eigenvalue weighted by Crippen LogP contribution is 2.42. The maximum absolute atomic E-state index is 12.9. The molecule has 0 aliphatic carbocycles. The van der Waals surface area contributed by atoms with Crippen LogP contribution < -0.4 is 0 Å². The summed E-state index contributed by atoms with van der Waals surface area (Å²) in [6, 6.07) is 28.4. The first-order valence-corrected chi connectivity index (χ1v) is 10.3. The molecule has 1 fully saturated rings. The van der Waals surface area contributed by atoms with Gasteiger partial charge in [0.05, 0.1) is 11.6 Å². The van der Waals surface area contributed by atoms with Crippen molar-refractivity contribution in [3.63, 3.8) is 0 Å². The molecule has 0 spiro atoms. The zero-order valence-electron chi connectivity index (χ0n) is 16.7. The Kier molecular flexibility index (Phi) is 5.65. The highest BCUT2D eigenvalue weighted by atomic mass is 16.3. The number of aliphatic hydroxyl groups is 1. The number of nitriles is 1. The van der Waals surface area contributed by atoms with Gasteiger partial charge in [-0.05, 0) is 54.2 Å². The first kappa shape index (κ1) is 19.9. The van der Waals surface area contributed by atoms with Crippen LogP contribution in [0.1, 0.15) is 39.9 Å². The Morgan fingerprint density at radius 1 is 0.867 bits per heavy atom. The highest BCUT2D eigenvalue weighted by Gasteiger charge is 2.42. The molecule has 30 heavy (non-hydrogen) atoms. The predicted molar refractivity (Wildman–Crippen MR) is 116 cm³/mol. The summed E-state index contributed by atoms with van der Waals surface area (Å²) in [4.78, 5) is 14.7. The molecule has 1 aliphatic rings. The molecule has 0 radical (unpaired) electrons. The van der Waals surface area contributed by atoms with Crippen LogP contribution in [0.4, 0.5) is 0 Å². The minimum atomic E-state index is -1.09. The van der Waals surface area contributed by atoms with Crippen LogP contribution in [0, 0.1) is 17.2 Å². The Morgan fingerprint density at radius 2 is 1.37 bits per heavy atom. The van der Waals surface area contributed by atoms with Crippen molar-refractivity contribution in [2.24, 2.45) is 5.92 Å². The monoisotopic (exact) mass is 396 g/mol. The van der Waals surface area contributed by atoms with E-state index >= 15 is 0 Å². The minimum absolute atomic E-state index is 0.00677. The Labute approximate surface area is 177 Å². The van der Waals surface area contributed by atoms with Crippen molar-refractivity contribution < 1.29 is 9.90 Å². The summed E-state index contributed by atoms with van der Waals surface area (Å²) in [7, 11) is 0. The van der Waals surface area contributed by atoms with Crippen LogP contribution in [0.2, 0.25) is 0 Å². The second-order valence-corrected chi connectivity index (χ2v) is 7.75. The lowest BCUT2D eigenvalue weighted by Crippen LogP contribution is -2.46. The van der Waals surface area contributed by atoms with Crippen molar-refractivity contribution in [3.8, 4) is 6.07 Å². The molecule has 0 unspecified atom stereocenters. The summed E-state index contributed by atoms with van der Waals surface area (Å²) in [5.74, 6) is -0.0202. The lowest BCUT2D eigenvalue weighted by Gasteiger charge is -2.42. The first-order valence-electron chi connectivity index (χ1n) is 10.3. The summed E-state index contributed by atoms with van der Waals surface area (Å²) in [5, 5.41) is 20.9. The number of carbonyl (C=O) groups is 1. The van der Waals surface area contributed by atoms with Gasteiger partial charge in [-0.25, -0.2) is 0 Å². The summed E-state index contributed by atoms with van der Waals surface area (Å²) >= 11 is 0. The Hall–Kier alpha value is -3.42. The topological polar surface area (TPSA) is 64.3 Å². The van der Waals surface area contributed by atoms with Crippen LogP contribution in [-0.2, 0) is 5.60 Å². The molecule has 0 aromatic heterocycles. The summed E-state index contributed by atoms with van der Waals surface area (Å²) < 4.78 is 0. The third kappa shape index (κ3) is 3.72. The molecule has 0 atom stereocenters. The molecule has 1 saturated heterocycles. The number of nitrogens with zero attached hydrogens (tertiary/aromatic N) is 2. The van der Waals surface area contributed by atoms with Gasteiger partial charge < -0.3 is 10.0 Å². The van der Waals surface area contributed by atoms with Gasteiger partial charge >= 0.3 is 0 Å². The van der Waals surface area contributed by atoms with E-state index in [-0.39, 0.29) is 11.8 Å². The fourth-order valence-corrected chi connectivity index (χ4v) is 4.39. The quantitative estimate of drug-likeness (QED) is 0.713. The van der Waals surface area contributed by atoms with Gasteiger partial charge in [-0.1, -0.05) is 60.7 Å². The summed E-state index contributed by atoms with van der Waals surface area (Å²) in [5.41, 5.74) is 1.81. The number of benzene rings is 3. The van der Waals surface area contributed by atoms with Gasteiger partial charge in [0.15, 0.2) is 0 Å². The second-order valence-electron chi connectivity index (χ2n) is 7.75. The van der Waals surface area contributed by atoms with Crippen molar-refractivity contribution in [2.45, 2.75) is 18.4 Å². The van der Waals surface area contributed by atoms with E-state index in [1.807, 2.05) is 65.6 Å². The number of rotatable bonds is 4. The standard InChI is InChI=1S/C26H24N2O2/c27-19-20-11-13-21(14-12-20)25(29)28-17-15-24(16-18-28)26(30,22-7-3-1-4-8-22)23-9-5-2-6-10-23/h1-14,24,30H,15-18H2. The van der Waals surface area contributed by atoms with Gasteiger partial charge in [0.25, 0.3) is 5.91 Å². The number of carbonyl (C=O) groups excluding carboxylic acids is 1. The third-order valence-electron chi connectivity index (χ3n) is 6.06. The molecule has 1 aliphatic heterocycles. The van der Waals surface area contributed by atoms with Gasteiger partial charge in [-0.15, -0.1) is 0 Å². The molecular weight excluding hydrogens is 372 g/mol. The SMILES string of the molecule is N#Cc1ccc(C(=O)N2CCC(C(O)(c3ccccc3)c3ccccc3)CC2)cc1. The van der Waals surface area contributed by atoms with Gasteiger partial charge in [-0.2, -0.15) is 5.26 Å². The zero-order chi connectivity index (χ0) is 21.0. The maximum Gasteiger partial charge on any atom is 0.253 e. The van der Waals surface area contributed by atoms with Crippen LogP contribution in [0.5, 0.6) is 0 Å². The van der Waals surface area contributed by atoms with Crippen molar-refractivity contribution >= 4 is 5.91 Å². The fraction of sp³-hybridized carbons (Fsp3) is 0.231. The largest absolute Gasteiger partial charge is 0.380 e. The van der Waals surface area contributed by atoms with Gasteiger partial charge in [0, 0.05) is 18.7 Å². The smallest absolute Gasteiger partial charge is 0.253 e. The molecule has 1 amide bonds. The fourth-order valence-electron chi connectivity index (χ4n) is 4.39. The number of hydrogen-bond donors (Lipinski definition) is 1. The molecule has 0 saturated carbocycles. The number of likely N-dealkylation sites (tertiary alicyclic amines) is 1. The van der Waals surface area contributed by atoms with Gasteiger partial charge in [-0.3, -0.25) is 4.79 Å². The molecular formula is C26H24N2O2. The van der Waals surface area contributed by atoms with E-state index in [1.54, 1.807) is 24.3 Å². The zero-order valence-corrected chi connectivity index (χ0v) is 16.7. The first-order chi connectivity index (χ1) is 14.6. The lowest BCUT2D eigenvalue weighted by molar-refractivity contribution is -0.0122. The van der Waals surface area contributed by atoms with E-state index in [1.165, 1.54) is 0 Å². The van der Waals surface area contributed by atoms with E-state index < -0.39 is 5.60 Å². The van der Waals surface area contributed by atoms with Crippen molar-refractivity contribution in [3.05, 3.63) is 107 Å². The van der Waals surface area contributed by atoms with Crippen molar-refractivity contribution in [1.82, 2.24) is 4.90 Å². The van der Waals surface area contributed by atoms with E-state index in [0.29, 0.717) is 37.1 Å². The maximum atomic E-state index is 12.9. The Morgan fingerprint density at radius 3 is 1.83 bits per heavy atom. The summed E-state index contributed by atoms with van der Waals surface area (Å²) in [6.45, 7) is 1.18. The average Bonchev–Trinajstić information content (AvgIpc) is 2.84. The van der Waals surface area contributed by atoms with Crippen molar-refractivity contribution in [1.29, 1.82) is 5.26 Å². The van der Waals surface area contributed by atoms with Gasteiger partial charge in [0.1, 0.15) is 5.60 Å². The molecule has 4 rings (SSSR count). The van der Waals surface area contributed by atoms with Crippen molar-refractivity contribution in [2.75, 3.05) is 13.1 Å². The minimum Gasteiger partial charge on any atom is -0.380 e. The summed E-state index contributed by atoms with van der Waals surface area (Å²) in [6.07, 6.45) is 1.42. The molecule has 3 aromatic rings. The lowest BCUT2D eigenvalue weighted by atomic mass is 9.72. The average molecular weight is 396 g/mol. The van der Waals surface area contributed by atoms with Crippen LogP contribution in [-0.4, -0.2) is 29.0 Å². The molecule has 4 heteroatoms. The predicted octanol–water partition coefficient (Wildman–Crippen LogP) is 4.35. The highest BCUT2D eigenvalue weighted by molar-refractivity contribution is 5.94. The van der Waals surface area contributed by atoms with Crippen LogP contribution in [0.15, 0.2) is 84.9 Å². The van der Waals surface area contributed by atoms with E-state index in [9.17, 15) is 9.90 Å². The molecule has 0 bridgehead atoms. The molecule has 4 nitrogen and oxygen atoms in total. The van der Waals surface area contributed by atoms with Crippen LogP contribution >= 0.6 is 0 Å². The molecule has 1 heterocycles. The normalized spacial score (nSPS) is 14.9. The molecule has 1 N–H and O–H groups in total.